The van der Waals surface area contributed by atoms with Gasteiger partial charge in [0.1, 0.15) is 0 Å². The van der Waals surface area contributed by atoms with Crippen molar-refractivity contribution < 1.29 is 5.11 Å². The average molecular weight is 238 g/mol. The molecule has 0 bridgehead atoms. The highest BCUT2D eigenvalue weighted by Crippen LogP contribution is 2.08. The van der Waals surface area contributed by atoms with E-state index in [9.17, 15) is 0 Å². The number of aliphatic hydroxyl groups excluding tert-OH is 1. The summed E-state index contributed by atoms with van der Waals surface area (Å²) >= 11 is 0. The summed E-state index contributed by atoms with van der Waals surface area (Å²) in [7, 11) is 2.17. The molecular formula is C12H22N4O. The third kappa shape index (κ3) is 3.80. The van der Waals surface area contributed by atoms with Crippen molar-refractivity contribution in [1.82, 2.24) is 20.0 Å². The molecule has 1 atom stereocenters. The molecule has 5 heteroatoms. The van der Waals surface area contributed by atoms with Crippen molar-refractivity contribution >= 4 is 0 Å². The second kappa shape index (κ2) is 6.14. The van der Waals surface area contributed by atoms with Crippen LogP contribution < -0.4 is 5.32 Å². The molecule has 1 aromatic heterocycles. The van der Waals surface area contributed by atoms with Crippen molar-refractivity contribution in [1.29, 1.82) is 0 Å². The number of hydrogen-bond acceptors (Lipinski definition) is 4. The number of likely N-dealkylation sites (tertiary alicyclic amines) is 1. The monoisotopic (exact) mass is 238 g/mol. The van der Waals surface area contributed by atoms with Crippen molar-refractivity contribution in [2.24, 2.45) is 0 Å². The van der Waals surface area contributed by atoms with Crippen LogP contribution in [0.5, 0.6) is 0 Å². The van der Waals surface area contributed by atoms with Crippen molar-refractivity contribution in [3.05, 3.63) is 18.0 Å². The molecule has 0 aromatic carbocycles. The number of likely N-dealkylation sites (N-methyl/N-ethyl adjacent to an activating group) is 1. The smallest absolute Gasteiger partial charge is 0.0640 e. The Morgan fingerprint density at radius 1 is 1.59 bits per heavy atom. The van der Waals surface area contributed by atoms with Gasteiger partial charge < -0.3 is 15.3 Å². The molecule has 96 valence electrons. The van der Waals surface area contributed by atoms with Gasteiger partial charge >= 0.3 is 0 Å². The predicted octanol–water partition coefficient (Wildman–Crippen LogP) is 0.0592. The molecule has 1 fully saturated rings. The molecule has 1 aromatic rings. The van der Waals surface area contributed by atoms with Crippen molar-refractivity contribution in [2.75, 3.05) is 26.7 Å². The summed E-state index contributed by atoms with van der Waals surface area (Å²) in [6.45, 7) is 3.93. The van der Waals surface area contributed by atoms with Crippen LogP contribution in [0, 0.1) is 0 Å². The Morgan fingerprint density at radius 2 is 2.47 bits per heavy atom. The molecule has 0 spiro atoms. The summed E-state index contributed by atoms with van der Waals surface area (Å²) in [5.74, 6) is 0. The van der Waals surface area contributed by atoms with Gasteiger partial charge in [0, 0.05) is 30.9 Å². The lowest BCUT2D eigenvalue weighted by Gasteiger charge is -2.30. The highest BCUT2D eigenvalue weighted by Gasteiger charge is 2.16. The van der Waals surface area contributed by atoms with Crippen LogP contribution >= 0.6 is 0 Å². The van der Waals surface area contributed by atoms with Crippen LogP contribution in [0.2, 0.25) is 0 Å². The number of nitrogens with zero attached hydrogens (tertiary/aromatic N) is 3. The van der Waals surface area contributed by atoms with Gasteiger partial charge in [-0.3, -0.25) is 4.68 Å². The third-order valence-corrected chi connectivity index (χ3v) is 3.24. The Morgan fingerprint density at radius 3 is 3.24 bits per heavy atom. The topological polar surface area (TPSA) is 53.3 Å². The number of nitrogens with one attached hydrogen (secondary N) is 1. The molecule has 0 radical (unpaired) electrons. The first kappa shape index (κ1) is 12.5. The maximum absolute atomic E-state index is 8.81. The lowest BCUT2D eigenvalue weighted by atomic mass is 10.1. The summed E-state index contributed by atoms with van der Waals surface area (Å²) < 4.78 is 1.78. The molecule has 17 heavy (non-hydrogen) atoms. The molecule has 1 unspecified atom stereocenters. The van der Waals surface area contributed by atoms with E-state index in [1.807, 2.05) is 12.4 Å². The maximum Gasteiger partial charge on any atom is 0.0640 e. The fourth-order valence-electron chi connectivity index (χ4n) is 2.32. The third-order valence-electron chi connectivity index (χ3n) is 3.24. The molecule has 2 rings (SSSR count). The van der Waals surface area contributed by atoms with Crippen molar-refractivity contribution in [2.45, 2.75) is 32.0 Å². The van der Waals surface area contributed by atoms with Crippen LogP contribution in [-0.4, -0.2) is 52.6 Å². The van der Waals surface area contributed by atoms with E-state index in [-0.39, 0.29) is 6.61 Å². The van der Waals surface area contributed by atoms with Gasteiger partial charge in [0.2, 0.25) is 0 Å². The summed E-state index contributed by atoms with van der Waals surface area (Å²) in [6.07, 6.45) is 6.40. The fourth-order valence-corrected chi connectivity index (χ4v) is 2.32. The van der Waals surface area contributed by atoms with Gasteiger partial charge in [-0.15, -0.1) is 0 Å². The standard InChI is InChI=1S/C12H22N4O/c1-15-4-2-3-12(10-15)13-7-11-8-14-16(9-11)5-6-17/h8-9,12-13,17H,2-7,10H2,1H3. The van der Waals surface area contributed by atoms with Gasteiger partial charge in [-0.25, -0.2) is 0 Å². The number of rotatable bonds is 5. The van der Waals surface area contributed by atoms with Gasteiger partial charge in [-0.1, -0.05) is 0 Å². The molecular weight excluding hydrogens is 216 g/mol. The average Bonchev–Trinajstić information content (AvgIpc) is 2.75. The second-order valence-corrected chi connectivity index (χ2v) is 4.82. The summed E-state index contributed by atoms with van der Waals surface area (Å²) in [6, 6.07) is 0.593. The largest absolute Gasteiger partial charge is 0.394 e. The van der Waals surface area contributed by atoms with Crippen LogP contribution in [0.1, 0.15) is 18.4 Å². The zero-order chi connectivity index (χ0) is 12.1. The molecule has 2 heterocycles. The Balaban J connectivity index is 1.76. The van der Waals surface area contributed by atoms with E-state index in [0.29, 0.717) is 12.6 Å². The van der Waals surface area contributed by atoms with Gasteiger partial charge in [0.15, 0.2) is 0 Å². The second-order valence-electron chi connectivity index (χ2n) is 4.82. The lowest BCUT2D eigenvalue weighted by molar-refractivity contribution is 0.226. The minimum atomic E-state index is 0.141. The molecule has 1 aliphatic heterocycles. The molecule has 5 nitrogen and oxygen atoms in total. The summed E-state index contributed by atoms with van der Waals surface area (Å²) in [5.41, 5.74) is 1.19. The number of aromatic nitrogens is 2. The van der Waals surface area contributed by atoms with Gasteiger partial charge in [-0.05, 0) is 26.4 Å². The molecule has 0 aliphatic carbocycles. The van der Waals surface area contributed by atoms with Crippen LogP contribution in [0.4, 0.5) is 0 Å². The quantitative estimate of drug-likeness (QED) is 0.761. The van der Waals surface area contributed by atoms with Gasteiger partial charge in [0.25, 0.3) is 0 Å². The van der Waals surface area contributed by atoms with E-state index in [4.69, 9.17) is 5.11 Å². The molecule has 1 aliphatic rings. The first-order valence-electron chi connectivity index (χ1n) is 6.32. The lowest BCUT2D eigenvalue weighted by Crippen LogP contribution is -2.43. The number of hydrogen-bond donors (Lipinski definition) is 2. The maximum atomic E-state index is 8.81. The van der Waals surface area contributed by atoms with Crippen molar-refractivity contribution in [3.63, 3.8) is 0 Å². The number of aliphatic hydroxyl groups is 1. The first-order chi connectivity index (χ1) is 8.28. The Labute approximate surface area is 102 Å². The fraction of sp³-hybridized carbons (Fsp3) is 0.750. The SMILES string of the molecule is CN1CCCC(NCc2cnn(CCO)c2)C1. The first-order valence-corrected chi connectivity index (χ1v) is 6.32. The Bertz CT molecular complexity index is 339. The van der Waals surface area contributed by atoms with E-state index in [2.05, 4.69) is 22.4 Å². The zero-order valence-electron chi connectivity index (χ0n) is 10.5. The predicted molar refractivity (Wildman–Crippen MR) is 66.7 cm³/mol. The molecule has 1 saturated heterocycles. The molecule has 2 N–H and O–H groups in total. The number of piperidine rings is 1. The molecule has 0 saturated carbocycles. The highest BCUT2D eigenvalue weighted by molar-refractivity contribution is 5.03. The minimum Gasteiger partial charge on any atom is -0.394 e. The van der Waals surface area contributed by atoms with E-state index < -0.39 is 0 Å². The normalized spacial score (nSPS) is 21.9. The Kier molecular flexibility index (Phi) is 4.53. The van der Waals surface area contributed by atoms with Crippen LogP contribution in [-0.2, 0) is 13.1 Å². The van der Waals surface area contributed by atoms with Gasteiger partial charge in [0.05, 0.1) is 19.3 Å². The Hall–Kier alpha value is -0.910. The summed E-state index contributed by atoms with van der Waals surface area (Å²) in [5, 5.41) is 16.6. The van der Waals surface area contributed by atoms with E-state index in [1.165, 1.54) is 24.9 Å². The van der Waals surface area contributed by atoms with Crippen molar-refractivity contribution in [3.8, 4) is 0 Å². The van der Waals surface area contributed by atoms with E-state index in [1.54, 1.807) is 4.68 Å². The highest BCUT2D eigenvalue weighted by atomic mass is 16.3. The van der Waals surface area contributed by atoms with Gasteiger partial charge in [-0.2, -0.15) is 5.10 Å². The summed E-state index contributed by atoms with van der Waals surface area (Å²) in [4.78, 5) is 2.37. The van der Waals surface area contributed by atoms with Crippen LogP contribution in [0.3, 0.4) is 0 Å². The van der Waals surface area contributed by atoms with Crippen LogP contribution in [0.25, 0.3) is 0 Å². The van der Waals surface area contributed by atoms with E-state index in [0.717, 1.165) is 13.1 Å². The van der Waals surface area contributed by atoms with Crippen LogP contribution in [0.15, 0.2) is 12.4 Å². The van der Waals surface area contributed by atoms with E-state index >= 15 is 0 Å². The minimum absolute atomic E-state index is 0.141. The zero-order valence-corrected chi connectivity index (χ0v) is 10.5. The molecule has 0 amide bonds.